The first-order valence-electron chi connectivity index (χ1n) is 13.3. The highest BCUT2D eigenvalue weighted by molar-refractivity contribution is 5.81. The molecule has 10 heteroatoms. The molecule has 4 aromatic rings. The molecule has 0 heterocycles. The number of aliphatic hydroxyl groups excluding tert-OH is 2. The summed E-state index contributed by atoms with van der Waals surface area (Å²) in [6.07, 6.45) is 0. The molecule has 208 valence electrons. The van der Waals surface area contributed by atoms with Crippen LogP contribution in [0.25, 0.3) is 10.8 Å². The predicted molar refractivity (Wildman–Crippen MR) is 160 cm³/mol. The van der Waals surface area contributed by atoms with Gasteiger partial charge in [-0.3, -0.25) is 20.4 Å². The Kier molecular flexibility index (Phi) is 9.61. The summed E-state index contributed by atoms with van der Waals surface area (Å²) in [5, 5.41) is 28.2. The number of hydrogen-bond donors (Lipinski definition) is 4. The lowest BCUT2D eigenvalue weighted by Gasteiger charge is -2.22. The molecule has 0 aliphatic carbocycles. The van der Waals surface area contributed by atoms with Gasteiger partial charge in [0, 0.05) is 48.3 Å². The van der Waals surface area contributed by atoms with Gasteiger partial charge in [-0.2, -0.15) is 10.2 Å². The minimum atomic E-state index is -0.749. The normalized spacial score (nSPS) is 12.1. The van der Waals surface area contributed by atoms with Crippen molar-refractivity contribution in [3.63, 3.8) is 0 Å². The van der Waals surface area contributed by atoms with Crippen molar-refractivity contribution >= 4 is 33.5 Å². The molecule has 40 heavy (non-hydrogen) atoms. The molecule has 0 fully saturated rings. The van der Waals surface area contributed by atoms with E-state index in [9.17, 15) is 19.8 Å². The molecule has 4 rings (SSSR count). The second-order valence-electron chi connectivity index (χ2n) is 9.05. The smallest absolute Gasteiger partial charge is 0.256 e. The van der Waals surface area contributed by atoms with Crippen LogP contribution in [0.5, 0.6) is 0 Å². The fourth-order valence-corrected chi connectivity index (χ4v) is 4.49. The number of anilines is 4. The number of hydrogen-bond acceptors (Lipinski definition) is 10. The highest BCUT2D eigenvalue weighted by Crippen LogP contribution is 2.18. The molecule has 0 bridgehead atoms. The molecule has 0 aliphatic heterocycles. The van der Waals surface area contributed by atoms with Crippen LogP contribution < -0.4 is 42.2 Å². The first kappa shape index (κ1) is 28.5. The standard InChI is InChI=1S/C30H34N6O4/c1-3-35(17-19-37)23-13-9-21(10-14-23)31-33-27-25-7-5-6-8-26(25)28(30(40)29(27)39)34-32-22-11-15-24(16-12-22)36(4-2)18-20-38/h5-16,31-32,37-38H,3-4,17-20H2,1-2H3/b33-27-,34-28-. The third kappa shape index (κ3) is 6.36. The zero-order valence-electron chi connectivity index (χ0n) is 22.7. The molecule has 4 aromatic carbocycles. The number of rotatable bonds is 12. The number of aliphatic hydroxyl groups is 2. The highest BCUT2D eigenvalue weighted by atomic mass is 16.3. The van der Waals surface area contributed by atoms with Gasteiger partial charge in [-0.1, -0.05) is 24.3 Å². The molecular formula is C30H34N6O4. The molecule has 0 aliphatic rings. The van der Waals surface area contributed by atoms with Crippen LogP contribution >= 0.6 is 0 Å². The molecule has 0 atom stereocenters. The van der Waals surface area contributed by atoms with Gasteiger partial charge in [0.25, 0.3) is 10.9 Å². The maximum atomic E-state index is 13.1. The summed E-state index contributed by atoms with van der Waals surface area (Å²) < 4.78 is 0. The number of fused-ring (bicyclic) bond motifs is 1. The summed E-state index contributed by atoms with van der Waals surface area (Å²) in [4.78, 5) is 30.3. The lowest BCUT2D eigenvalue weighted by atomic mass is 10.1. The van der Waals surface area contributed by atoms with Gasteiger partial charge in [-0.25, -0.2) is 0 Å². The second-order valence-corrected chi connectivity index (χ2v) is 9.05. The summed E-state index contributed by atoms with van der Waals surface area (Å²) in [6, 6.07) is 21.9. The van der Waals surface area contributed by atoms with Crippen LogP contribution in [0, 0.1) is 0 Å². The number of nitrogens with one attached hydrogen (secondary N) is 2. The summed E-state index contributed by atoms with van der Waals surface area (Å²) in [6.45, 7) is 6.74. The first-order chi connectivity index (χ1) is 19.5. The van der Waals surface area contributed by atoms with E-state index in [1.54, 1.807) is 24.3 Å². The van der Waals surface area contributed by atoms with E-state index >= 15 is 0 Å². The summed E-state index contributed by atoms with van der Waals surface area (Å²) >= 11 is 0. The van der Waals surface area contributed by atoms with Gasteiger partial charge in [0.2, 0.25) is 0 Å². The molecule has 0 spiro atoms. The first-order valence-corrected chi connectivity index (χ1v) is 13.3. The Hall–Kier alpha value is -4.54. The van der Waals surface area contributed by atoms with Crippen LogP contribution in [0.1, 0.15) is 13.8 Å². The van der Waals surface area contributed by atoms with Crippen molar-refractivity contribution < 1.29 is 10.2 Å². The maximum absolute atomic E-state index is 13.1. The van der Waals surface area contributed by atoms with E-state index in [0.29, 0.717) is 35.2 Å². The van der Waals surface area contributed by atoms with Crippen molar-refractivity contribution in [2.24, 2.45) is 10.2 Å². The van der Waals surface area contributed by atoms with Crippen molar-refractivity contribution in [1.82, 2.24) is 0 Å². The molecular weight excluding hydrogens is 508 g/mol. The van der Waals surface area contributed by atoms with Gasteiger partial charge < -0.3 is 20.0 Å². The maximum Gasteiger partial charge on any atom is 0.256 e. The van der Waals surface area contributed by atoms with E-state index in [1.165, 1.54) is 0 Å². The van der Waals surface area contributed by atoms with E-state index in [0.717, 1.165) is 24.5 Å². The molecule has 10 nitrogen and oxygen atoms in total. The van der Waals surface area contributed by atoms with Gasteiger partial charge in [-0.05, 0) is 62.4 Å². The van der Waals surface area contributed by atoms with Crippen molar-refractivity contribution in [1.29, 1.82) is 0 Å². The zero-order valence-corrected chi connectivity index (χ0v) is 22.7. The van der Waals surface area contributed by atoms with E-state index in [-0.39, 0.29) is 23.9 Å². The Bertz CT molecular complexity index is 1520. The van der Waals surface area contributed by atoms with Gasteiger partial charge in [0.05, 0.1) is 24.6 Å². The Morgan fingerprint density at radius 2 is 1.00 bits per heavy atom. The van der Waals surface area contributed by atoms with Crippen LogP contribution in [0.2, 0.25) is 0 Å². The van der Waals surface area contributed by atoms with Crippen molar-refractivity contribution in [3.05, 3.63) is 104 Å². The fourth-order valence-electron chi connectivity index (χ4n) is 4.49. The fraction of sp³-hybridized carbons (Fsp3) is 0.267. The van der Waals surface area contributed by atoms with Crippen LogP contribution in [0.4, 0.5) is 22.7 Å². The second kappa shape index (κ2) is 13.5. The monoisotopic (exact) mass is 542 g/mol. The van der Waals surface area contributed by atoms with Crippen LogP contribution in [-0.4, -0.2) is 49.6 Å². The molecule has 0 aromatic heterocycles. The Morgan fingerprint density at radius 1 is 0.625 bits per heavy atom. The molecule has 0 saturated heterocycles. The third-order valence-corrected chi connectivity index (χ3v) is 6.64. The molecule has 0 saturated carbocycles. The van der Waals surface area contributed by atoms with Crippen LogP contribution in [0.3, 0.4) is 0 Å². The topological polar surface area (TPSA) is 130 Å². The Labute approximate surface area is 231 Å². The minimum absolute atomic E-state index is 0.0204. The van der Waals surface area contributed by atoms with Crippen LogP contribution in [-0.2, 0) is 0 Å². The van der Waals surface area contributed by atoms with Gasteiger partial charge in [-0.15, -0.1) is 0 Å². The zero-order chi connectivity index (χ0) is 28.5. The summed E-state index contributed by atoms with van der Waals surface area (Å²) in [5.74, 6) is 0. The van der Waals surface area contributed by atoms with Crippen molar-refractivity contribution in [3.8, 4) is 0 Å². The summed E-state index contributed by atoms with van der Waals surface area (Å²) in [7, 11) is 0. The lowest BCUT2D eigenvalue weighted by Crippen LogP contribution is -2.48. The lowest BCUT2D eigenvalue weighted by molar-refractivity contribution is 0.302. The molecule has 0 radical (unpaired) electrons. The number of nitrogens with zero attached hydrogens (tertiary/aromatic N) is 4. The third-order valence-electron chi connectivity index (χ3n) is 6.64. The van der Waals surface area contributed by atoms with Gasteiger partial charge >= 0.3 is 0 Å². The number of benzene rings is 4. The van der Waals surface area contributed by atoms with E-state index < -0.39 is 10.9 Å². The molecule has 4 N–H and O–H groups in total. The average molecular weight is 543 g/mol. The van der Waals surface area contributed by atoms with E-state index in [4.69, 9.17) is 0 Å². The molecule has 0 amide bonds. The SMILES string of the molecule is CCN(CCO)c1ccc(N/N=c2\c(=O)c(=O)/c(=N\Nc3ccc(N(CC)CCO)cc3)c3ccccc23)cc1. The van der Waals surface area contributed by atoms with E-state index in [2.05, 4.69) is 21.1 Å². The quantitative estimate of drug-likeness (QED) is 0.158. The van der Waals surface area contributed by atoms with Crippen LogP contribution in [0.15, 0.2) is 92.6 Å². The summed E-state index contributed by atoms with van der Waals surface area (Å²) in [5.41, 5.74) is 7.51. The Balaban J connectivity index is 1.65. The molecule has 0 unspecified atom stereocenters. The highest BCUT2D eigenvalue weighted by Gasteiger charge is 2.10. The average Bonchev–Trinajstić information content (AvgIpc) is 2.99. The largest absolute Gasteiger partial charge is 0.395 e. The predicted octanol–water partition coefficient (Wildman–Crippen LogP) is 1.93. The van der Waals surface area contributed by atoms with E-state index in [1.807, 2.05) is 72.2 Å². The number of likely N-dealkylation sites (N-methyl/N-ethyl adjacent to an activating group) is 2. The van der Waals surface area contributed by atoms with Crippen molar-refractivity contribution in [2.75, 3.05) is 60.0 Å². The Morgan fingerprint density at radius 3 is 1.32 bits per heavy atom. The minimum Gasteiger partial charge on any atom is -0.395 e. The van der Waals surface area contributed by atoms with Gasteiger partial charge in [0.15, 0.2) is 0 Å². The van der Waals surface area contributed by atoms with Crippen molar-refractivity contribution in [2.45, 2.75) is 13.8 Å². The van der Waals surface area contributed by atoms with Gasteiger partial charge in [0.1, 0.15) is 10.7 Å².